The Hall–Kier alpha value is 4.02. The Morgan fingerprint density at radius 3 is 1.69 bits per heavy atom. The van der Waals surface area contributed by atoms with Crippen LogP contribution in [0.25, 0.3) is 0 Å². The number of nitrogens with one attached hydrogen (secondary N) is 1. The summed E-state index contributed by atoms with van der Waals surface area (Å²) in [6.07, 6.45) is 1.98. The van der Waals surface area contributed by atoms with Crippen LogP contribution in [0.2, 0.25) is 0 Å². The number of hydrogen-bond acceptors (Lipinski definition) is 3. The third-order valence-electron chi connectivity index (χ3n) is 0.767. The van der Waals surface area contributed by atoms with Crippen molar-refractivity contribution in [1.82, 2.24) is 5.32 Å². The van der Waals surface area contributed by atoms with Crippen molar-refractivity contribution in [2.24, 2.45) is 4.99 Å². The van der Waals surface area contributed by atoms with Crippen LogP contribution in [0.1, 0.15) is 13.8 Å². The molecule has 0 saturated carbocycles. The van der Waals surface area contributed by atoms with Crippen LogP contribution in [-0.2, 0) is 19.4 Å². The zero-order valence-electron chi connectivity index (χ0n) is 9.18. The maximum absolute atomic E-state index is 3.64. The molecule has 13 heavy (non-hydrogen) atoms. The normalized spacial score (nSPS) is 8.46. The molecule has 0 aromatic heterocycles. The number of nitrogens with zero attached hydrogens (tertiary/aromatic N) is 1. The minimum atomic E-state index is 0. The number of aliphatic imine (C=N–C) groups is 1. The molecule has 0 saturated heterocycles. The van der Waals surface area contributed by atoms with Crippen LogP contribution in [0.5, 0.6) is 0 Å². The quantitative estimate of drug-likeness (QED) is 0.218. The molecule has 0 atom stereocenters. The molecule has 0 aromatic rings. The summed E-state index contributed by atoms with van der Waals surface area (Å²) in [6, 6.07) is 0. The first-order chi connectivity index (χ1) is 5.08. The van der Waals surface area contributed by atoms with Gasteiger partial charge >= 0.3 is 159 Å². The van der Waals surface area contributed by atoms with Gasteiger partial charge in [0.15, 0.2) is 0 Å². The molecule has 0 aliphatic rings. The largest absolute Gasteiger partial charge is 1.00 e. The SMILES string of the molecule is [CH2-]N=C(C)SC.[CH2-]N[C](C)=[W].[Rb+].[Rb+]. The summed E-state index contributed by atoms with van der Waals surface area (Å²) < 4.78 is 1.23. The van der Waals surface area contributed by atoms with E-state index < -0.39 is 0 Å². The van der Waals surface area contributed by atoms with Gasteiger partial charge < -0.3 is 4.99 Å². The van der Waals surface area contributed by atoms with Gasteiger partial charge in [-0.2, -0.15) is 7.05 Å². The third-order valence-corrected chi connectivity index (χ3v) is 2.01. The zero-order chi connectivity index (χ0) is 9.28. The molecule has 0 amide bonds. The molecular formula is C7H14N2Rb2SW. The van der Waals surface area contributed by atoms with Gasteiger partial charge in [0.2, 0.25) is 0 Å². The number of rotatable bonds is 1. The summed E-state index contributed by atoms with van der Waals surface area (Å²) in [5.41, 5.74) is 0. The second-order valence-corrected chi connectivity index (χ2v) is 4.81. The standard InChI is InChI=1S/C4H8NS.C3H6N.2Rb.W/c1-4(5-2)6-3;1-3-4-2;;;/h2H2,1,3H3;4H,2H2,1H3;;;/q2*-1;2*+1;. The molecule has 0 bridgehead atoms. The summed E-state index contributed by atoms with van der Waals surface area (Å²) in [5, 5.41) is 3.75. The Balaban J connectivity index is -0.0000000546. The summed E-state index contributed by atoms with van der Waals surface area (Å²) >= 11 is 3.07. The first-order valence-electron chi connectivity index (χ1n) is 2.96. The van der Waals surface area contributed by atoms with E-state index in [-0.39, 0.29) is 116 Å². The molecule has 0 aliphatic carbocycles. The van der Waals surface area contributed by atoms with Gasteiger partial charge in [-0.25, -0.2) is 11.8 Å². The molecule has 0 heterocycles. The van der Waals surface area contributed by atoms with Crippen LogP contribution in [0.4, 0.5) is 0 Å². The first-order valence-corrected chi connectivity index (χ1v) is 5.65. The topological polar surface area (TPSA) is 24.4 Å². The maximum atomic E-state index is 3.64. The van der Waals surface area contributed by atoms with Gasteiger partial charge in [-0.1, -0.05) is 12.0 Å². The van der Waals surface area contributed by atoms with Crippen LogP contribution in [0, 0.1) is 14.1 Å². The smallest absolute Gasteiger partial charge is 1.00 e. The van der Waals surface area contributed by atoms with E-state index >= 15 is 0 Å². The van der Waals surface area contributed by atoms with Crippen molar-refractivity contribution in [2.75, 3.05) is 6.26 Å². The van der Waals surface area contributed by atoms with Gasteiger partial charge in [-0.3, -0.25) is 0 Å². The zero-order valence-corrected chi connectivity index (χ0v) is 22.8. The van der Waals surface area contributed by atoms with Gasteiger partial charge in [-0.05, 0) is 6.26 Å². The molecule has 2 nitrogen and oxygen atoms in total. The fourth-order valence-electron chi connectivity index (χ4n) is 0.0645. The van der Waals surface area contributed by atoms with E-state index in [1.807, 2.05) is 20.1 Å². The third kappa shape index (κ3) is 31.4. The molecule has 0 rings (SSSR count). The molecule has 0 unspecified atom stereocenters. The molecule has 0 radical (unpaired) electrons. The van der Waals surface area contributed by atoms with Crippen molar-refractivity contribution >= 4 is 20.8 Å². The molecule has 66 valence electrons. The predicted octanol–water partition coefficient (Wildman–Crippen LogP) is -4.37. The van der Waals surface area contributed by atoms with Gasteiger partial charge in [0.1, 0.15) is 0 Å². The summed E-state index contributed by atoms with van der Waals surface area (Å²) in [4.78, 5) is 3.64. The van der Waals surface area contributed by atoms with E-state index in [4.69, 9.17) is 0 Å². The average molecular weight is 513 g/mol. The fourth-order valence-corrected chi connectivity index (χ4v) is 0.194. The summed E-state index contributed by atoms with van der Waals surface area (Å²) in [5.74, 6) is 0. The van der Waals surface area contributed by atoms with E-state index in [1.54, 1.807) is 11.8 Å². The van der Waals surface area contributed by atoms with Crippen molar-refractivity contribution in [3.05, 3.63) is 14.1 Å². The van der Waals surface area contributed by atoms with Crippen molar-refractivity contribution in [1.29, 1.82) is 0 Å². The Morgan fingerprint density at radius 1 is 1.38 bits per heavy atom. The minimum Gasteiger partial charge on any atom is 1.00 e. The fraction of sp³-hybridized carbons (Fsp3) is 0.429. The van der Waals surface area contributed by atoms with E-state index in [0.717, 1.165) is 5.04 Å². The Bertz CT molecular complexity index is 142. The summed E-state index contributed by atoms with van der Waals surface area (Å²) in [7, 11) is 6.74. The Morgan fingerprint density at radius 2 is 1.69 bits per heavy atom. The van der Waals surface area contributed by atoms with Crippen LogP contribution < -0.4 is 122 Å². The monoisotopic (exact) mass is 512 g/mol. The molecule has 0 aliphatic heterocycles. The van der Waals surface area contributed by atoms with Crippen LogP contribution in [0.15, 0.2) is 4.99 Å². The van der Waals surface area contributed by atoms with Gasteiger partial charge in [0.25, 0.3) is 0 Å². The molecule has 6 heteroatoms. The molecule has 1 N–H and O–H groups in total. The number of hydrogen-bond donors (Lipinski definition) is 1. The van der Waals surface area contributed by atoms with Crippen molar-refractivity contribution < 1.29 is 136 Å². The van der Waals surface area contributed by atoms with E-state index in [2.05, 4.69) is 24.4 Å². The van der Waals surface area contributed by atoms with Crippen LogP contribution in [0.3, 0.4) is 0 Å². The van der Waals surface area contributed by atoms with Crippen LogP contribution >= 0.6 is 11.8 Å². The maximum Gasteiger partial charge on any atom is 1.00 e. The molecular weight excluding hydrogens is 499 g/mol. The van der Waals surface area contributed by atoms with E-state index in [1.165, 1.54) is 23.4 Å². The first kappa shape index (κ1) is 25.8. The number of thioether (sulfide) groups is 1. The Kier molecular flexibility index (Phi) is 42.3. The predicted molar refractivity (Wildman–Crippen MR) is 51.2 cm³/mol. The second-order valence-electron chi connectivity index (χ2n) is 1.61. The van der Waals surface area contributed by atoms with Gasteiger partial charge in [-0.15, -0.1) is 0 Å². The van der Waals surface area contributed by atoms with Gasteiger partial charge in [0.05, 0.1) is 0 Å². The minimum absolute atomic E-state index is 0. The van der Waals surface area contributed by atoms with E-state index in [0.29, 0.717) is 0 Å². The molecule has 0 fully saturated rings. The molecule has 0 spiro atoms. The van der Waals surface area contributed by atoms with Crippen molar-refractivity contribution in [3.8, 4) is 0 Å². The van der Waals surface area contributed by atoms with Crippen LogP contribution in [-0.4, -0.2) is 15.3 Å². The van der Waals surface area contributed by atoms with Crippen molar-refractivity contribution in [3.63, 3.8) is 0 Å². The van der Waals surface area contributed by atoms with Gasteiger partial charge in [0, 0.05) is 0 Å². The molecule has 0 aromatic carbocycles. The average Bonchev–Trinajstić information content (AvgIpc) is 2.04. The summed E-state index contributed by atoms with van der Waals surface area (Å²) in [6.45, 7) is 3.93. The second kappa shape index (κ2) is 21.3. The van der Waals surface area contributed by atoms with Crippen molar-refractivity contribution in [2.45, 2.75) is 13.8 Å². The Labute approximate surface area is 195 Å². The van der Waals surface area contributed by atoms with E-state index in [9.17, 15) is 0 Å².